The van der Waals surface area contributed by atoms with Gasteiger partial charge < -0.3 is 10.1 Å². The Labute approximate surface area is 121 Å². The third-order valence-corrected chi connectivity index (χ3v) is 3.33. The Morgan fingerprint density at radius 2 is 1.76 bits per heavy atom. The first-order valence-electron chi connectivity index (χ1n) is 6.83. The highest BCUT2D eigenvalue weighted by Gasteiger charge is 2.40. The van der Waals surface area contributed by atoms with Crippen LogP contribution in [0, 0.1) is 0 Å². The standard InChI is InChI=1S/C16H18F3NO/c1-3-8-20-15(16(17,18)19)13-5-4-12-10-14(21-2)7-6-11(12)9-13/h4-7,9-10,15,20H,3,8H2,1-2H3. The minimum Gasteiger partial charge on any atom is -0.497 e. The highest BCUT2D eigenvalue weighted by molar-refractivity contribution is 5.84. The maximum absolute atomic E-state index is 13.2. The fourth-order valence-corrected chi connectivity index (χ4v) is 2.26. The first-order chi connectivity index (χ1) is 9.95. The summed E-state index contributed by atoms with van der Waals surface area (Å²) in [5.74, 6) is 0.687. The summed E-state index contributed by atoms with van der Waals surface area (Å²) in [5.41, 5.74) is 0.230. The third kappa shape index (κ3) is 3.67. The fraction of sp³-hybridized carbons (Fsp3) is 0.375. The van der Waals surface area contributed by atoms with Gasteiger partial charge in [0.05, 0.1) is 7.11 Å². The zero-order chi connectivity index (χ0) is 15.5. The molecule has 0 bridgehead atoms. The van der Waals surface area contributed by atoms with Gasteiger partial charge in [0, 0.05) is 0 Å². The van der Waals surface area contributed by atoms with Crippen LogP contribution in [0.1, 0.15) is 24.9 Å². The molecule has 0 aliphatic heterocycles. The van der Waals surface area contributed by atoms with Crippen molar-refractivity contribution < 1.29 is 17.9 Å². The van der Waals surface area contributed by atoms with Gasteiger partial charge in [0.1, 0.15) is 11.8 Å². The molecule has 2 aromatic carbocycles. The molecule has 0 fully saturated rings. The molecule has 1 unspecified atom stereocenters. The lowest BCUT2D eigenvalue weighted by Gasteiger charge is -2.22. The predicted octanol–water partition coefficient (Wildman–Crippen LogP) is 4.45. The highest BCUT2D eigenvalue weighted by atomic mass is 19.4. The summed E-state index contributed by atoms with van der Waals surface area (Å²) in [4.78, 5) is 0. The molecule has 0 saturated carbocycles. The molecule has 0 amide bonds. The zero-order valence-corrected chi connectivity index (χ0v) is 12.0. The maximum atomic E-state index is 13.2. The van der Waals surface area contributed by atoms with Gasteiger partial charge in [-0.15, -0.1) is 0 Å². The number of fused-ring (bicyclic) bond motifs is 1. The molecule has 2 aromatic rings. The van der Waals surface area contributed by atoms with Crippen molar-refractivity contribution in [1.82, 2.24) is 5.32 Å². The minimum atomic E-state index is -4.31. The van der Waals surface area contributed by atoms with Crippen molar-refractivity contribution in [3.63, 3.8) is 0 Å². The maximum Gasteiger partial charge on any atom is 0.407 e. The number of nitrogens with one attached hydrogen (secondary N) is 1. The van der Waals surface area contributed by atoms with Crippen LogP contribution in [0.15, 0.2) is 36.4 Å². The van der Waals surface area contributed by atoms with Gasteiger partial charge >= 0.3 is 6.18 Å². The van der Waals surface area contributed by atoms with E-state index in [2.05, 4.69) is 5.32 Å². The lowest BCUT2D eigenvalue weighted by atomic mass is 10.0. The number of ether oxygens (including phenoxy) is 1. The van der Waals surface area contributed by atoms with E-state index in [9.17, 15) is 13.2 Å². The van der Waals surface area contributed by atoms with Gasteiger partial charge in [-0.25, -0.2) is 0 Å². The van der Waals surface area contributed by atoms with Crippen molar-refractivity contribution >= 4 is 10.8 Å². The Balaban J connectivity index is 2.39. The molecule has 0 saturated heterocycles. The second-order valence-electron chi connectivity index (χ2n) is 4.90. The van der Waals surface area contributed by atoms with E-state index in [1.165, 1.54) is 6.07 Å². The van der Waals surface area contributed by atoms with E-state index in [0.29, 0.717) is 18.7 Å². The summed E-state index contributed by atoms with van der Waals surface area (Å²) in [5, 5.41) is 4.18. The van der Waals surface area contributed by atoms with Gasteiger partial charge in [-0.1, -0.05) is 25.1 Å². The predicted molar refractivity (Wildman–Crippen MR) is 77.6 cm³/mol. The molecule has 0 spiro atoms. The Bertz CT molecular complexity index is 610. The summed E-state index contributed by atoms with van der Waals surface area (Å²) in [7, 11) is 1.56. The van der Waals surface area contributed by atoms with Crippen molar-refractivity contribution in [2.45, 2.75) is 25.6 Å². The number of halogens is 3. The van der Waals surface area contributed by atoms with Crippen LogP contribution in [0.3, 0.4) is 0 Å². The van der Waals surface area contributed by atoms with Crippen LogP contribution in [0.5, 0.6) is 5.75 Å². The Kier molecular flexibility index (Phi) is 4.73. The summed E-state index contributed by atoms with van der Waals surface area (Å²) >= 11 is 0. The van der Waals surface area contributed by atoms with Crippen molar-refractivity contribution in [3.8, 4) is 5.75 Å². The van der Waals surface area contributed by atoms with Crippen LogP contribution in [0.2, 0.25) is 0 Å². The lowest BCUT2D eigenvalue weighted by molar-refractivity contribution is -0.157. The molecule has 114 valence electrons. The first kappa shape index (κ1) is 15.6. The molecule has 0 aliphatic rings. The molecule has 1 atom stereocenters. The minimum absolute atomic E-state index is 0.230. The van der Waals surface area contributed by atoms with Crippen molar-refractivity contribution in [1.29, 1.82) is 0 Å². The number of hydrogen-bond acceptors (Lipinski definition) is 2. The molecule has 0 radical (unpaired) electrons. The van der Waals surface area contributed by atoms with Crippen molar-refractivity contribution in [2.75, 3.05) is 13.7 Å². The Morgan fingerprint density at radius 1 is 1.10 bits per heavy atom. The third-order valence-electron chi connectivity index (χ3n) is 3.33. The normalized spacial score (nSPS) is 13.4. The van der Waals surface area contributed by atoms with Gasteiger partial charge in [-0.05, 0) is 47.5 Å². The van der Waals surface area contributed by atoms with Crippen LogP contribution in [-0.2, 0) is 0 Å². The fourth-order valence-electron chi connectivity index (χ4n) is 2.26. The van der Waals surface area contributed by atoms with Gasteiger partial charge in [0.15, 0.2) is 0 Å². The second kappa shape index (κ2) is 6.35. The Morgan fingerprint density at radius 3 is 2.38 bits per heavy atom. The molecule has 0 aromatic heterocycles. The number of methoxy groups -OCH3 is 1. The average Bonchev–Trinajstić information content (AvgIpc) is 2.45. The van der Waals surface area contributed by atoms with Crippen LogP contribution < -0.4 is 10.1 Å². The van der Waals surface area contributed by atoms with E-state index in [1.54, 1.807) is 37.4 Å². The van der Waals surface area contributed by atoms with Crippen LogP contribution >= 0.6 is 0 Å². The lowest BCUT2D eigenvalue weighted by Crippen LogP contribution is -2.34. The molecular formula is C16H18F3NO. The number of rotatable bonds is 5. The quantitative estimate of drug-likeness (QED) is 0.880. The molecule has 0 heterocycles. The van der Waals surface area contributed by atoms with Crippen LogP contribution in [0.25, 0.3) is 10.8 Å². The van der Waals surface area contributed by atoms with Gasteiger partial charge in [0.2, 0.25) is 0 Å². The molecule has 2 rings (SSSR count). The molecule has 21 heavy (non-hydrogen) atoms. The molecule has 0 aliphatic carbocycles. The molecule has 5 heteroatoms. The SMILES string of the molecule is CCCNC(c1ccc2cc(OC)ccc2c1)C(F)(F)F. The molecule has 1 N–H and O–H groups in total. The summed E-state index contributed by atoms with van der Waals surface area (Å²) < 4.78 is 44.6. The Hall–Kier alpha value is -1.75. The van der Waals surface area contributed by atoms with Gasteiger partial charge in [-0.2, -0.15) is 13.2 Å². The summed E-state index contributed by atoms with van der Waals surface area (Å²) in [6, 6.07) is 8.47. The monoisotopic (exact) mass is 297 g/mol. The van der Waals surface area contributed by atoms with Gasteiger partial charge in [-0.3, -0.25) is 0 Å². The zero-order valence-electron chi connectivity index (χ0n) is 12.0. The van der Waals surface area contributed by atoms with E-state index < -0.39 is 12.2 Å². The highest BCUT2D eigenvalue weighted by Crippen LogP contribution is 2.34. The van der Waals surface area contributed by atoms with E-state index >= 15 is 0 Å². The summed E-state index contributed by atoms with van der Waals surface area (Å²) in [6.07, 6.45) is -3.66. The van der Waals surface area contributed by atoms with E-state index in [1.807, 2.05) is 6.92 Å². The van der Waals surface area contributed by atoms with E-state index in [4.69, 9.17) is 4.74 Å². The summed E-state index contributed by atoms with van der Waals surface area (Å²) in [6.45, 7) is 2.16. The first-order valence-corrected chi connectivity index (χ1v) is 6.83. The van der Waals surface area contributed by atoms with Crippen LogP contribution in [0.4, 0.5) is 13.2 Å². The van der Waals surface area contributed by atoms with Gasteiger partial charge in [0.25, 0.3) is 0 Å². The van der Waals surface area contributed by atoms with Crippen LogP contribution in [-0.4, -0.2) is 19.8 Å². The number of hydrogen-bond donors (Lipinski definition) is 1. The molecular weight excluding hydrogens is 279 g/mol. The van der Waals surface area contributed by atoms with E-state index in [0.717, 1.165) is 10.8 Å². The second-order valence-corrected chi connectivity index (χ2v) is 4.90. The average molecular weight is 297 g/mol. The van der Waals surface area contributed by atoms with E-state index in [-0.39, 0.29) is 5.56 Å². The topological polar surface area (TPSA) is 21.3 Å². The number of alkyl halides is 3. The largest absolute Gasteiger partial charge is 0.497 e. The van der Waals surface area contributed by atoms with Crippen molar-refractivity contribution in [2.24, 2.45) is 0 Å². The smallest absolute Gasteiger partial charge is 0.407 e. The number of benzene rings is 2. The molecule has 2 nitrogen and oxygen atoms in total. The van der Waals surface area contributed by atoms with Crippen molar-refractivity contribution in [3.05, 3.63) is 42.0 Å².